The molecule has 1 N–H and O–H groups in total. The van der Waals surface area contributed by atoms with E-state index in [0.29, 0.717) is 26.1 Å². The van der Waals surface area contributed by atoms with Crippen LogP contribution in [0.1, 0.15) is 39.5 Å². The van der Waals surface area contributed by atoms with E-state index in [2.05, 4.69) is 27.0 Å². The van der Waals surface area contributed by atoms with Gasteiger partial charge >= 0.3 is 5.97 Å². The summed E-state index contributed by atoms with van der Waals surface area (Å²) in [6.07, 6.45) is 6.23. The molecule has 3 aliphatic heterocycles. The van der Waals surface area contributed by atoms with Crippen molar-refractivity contribution < 1.29 is 24.2 Å². The Labute approximate surface area is 195 Å². The van der Waals surface area contributed by atoms with Crippen LogP contribution in [-0.4, -0.2) is 81.6 Å². The maximum absolute atomic E-state index is 14.0. The predicted octanol–water partition coefficient (Wildman–Crippen LogP) is 2.25. The predicted molar refractivity (Wildman–Crippen MR) is 125 cm³/mol. The Morgan fingerprint density at radius 1 is 1.34 bits per heavy atom. The van der Waals surface area contributed by atoms with E-state index in [1.165, 1.54) is 6.08 Å². The molecule has 8 heteroatoms. The van der Waals surface area contributed by atoms with Crippen LogP contribution < -0.4 is 0 Å². The smallest absolute Gasteiger partial charge is 0.311 e. The molecule has 3 saturated heterocycles. The Balaban J connectivity index is 2.01. The molecule has 0 aromatic rings. The Kier molecular flexibility index (Phi) is 8.09. The van der Waals surface area contributed by atoms with Crippen LogP contribution in [0.25, 0.3) is 0 Å². The van der Waals surface area contributed by atoms with E-state index in [4.69, 9.17) is 4.74 Å². The first-order chi connectivity index (χ1) is 15.4. The van der Waals surface area contributed by atoms with Gasteiger partial charge in [-0.15, -0.1) is 18.3 Å². The number of esters is 1. The molecule has 0 aromatic heterocycles. The van der Waals surface area contributed by atoms with Gasteiger partial charge < -0.3 is 19.6 Å². The van der Waals surface area contributed by atoms with Crippen LogP contribution in [0, 0.1) is 17.8 Å². The van der Waals surface area contributed by atoms with Crippen LogP contribution in [-0.2, 0) is 19.1 Å². The molecule has 6 atom stereocenters. The summed E-state index contributed by atoms with van der Waals surface area (Å²) in [5.74, 6) is -1.64. The van der Waals surface area contributed by atoms with Gasteiger partial charge in [-0.25, -0.2) is 0 Å². The number of aliphatic hydroxyl groups is 1. The number of thioether (sulfide) groups is 1. The minimum atomic E-state index is -0.655. The van der Waals surface area contributed by atoms with Crippen molar-refractivity contribution in [2.45, 2.75) is 55.6 Å². The van der Waals surface area contributed by atoms with E-state index in [1.54, 1.807) is 27.6 Å². The van der Waals surface area contributed by atoms with Gasteiger partial charge in [0.25, 0.3) is 0 Å². The number of aliphatic hydroxyl groups excluding tert-OH is 1. The molecule has 0 aromatic carbocycles. The topological polar surface area (TPSA) is 87.2 Å². The highest BCUT2D eigenvalue weighted by Crippen LogP contribution is 2.68. The summed E-state index contributed by atoms with van der Waals surface area (Å²) in [5.41, 5.74) is 0. The number of carbonyl (C=O) groups is 3. The molecular formula is C24H36N2O5S. The number of nitrogens with zero attached hydrogens (tertiary/aromatic N) is 2. The standard InChI is InChI=1S/C24H36N2O5S/c1-5-8-11-25(10-6-2)22(29)20-24-16(4)15-17(32-24)18(23(30)31-14-7-3)19(24)21(28)26(20)12-9-13-27/h6-7,16-20,27H,2-3,5,8-15H2,1,4H3/t16?,17-,18+,19-,20?,24?/m0/s1. The second-order valence-corrected chi connectivity index (χ2v) is 10.6. The highest BCUT2D eigenvalue weighted by Gasteiger charge is 2.76. The third-order valence-electron chi connectivity index (χ3n) is 7.09. The lowest BCUT2D eigenvalue weighted by Gasteiger charge is -2.40. The third kappa shape index (κ3) is 4.00. The Hall–Kier alpha value is -1.80. The van der Waals surface area contributed by atoms with E-state index in [1.807, 2.05) is 0 Å². The molecule has 2 bridgehead atoms. The Morgan fingerprint density at radius 3 is 2.72 bits per heavy atom. The number of hydrogen-bond donors (Lipinski definition) is 1. The molecule has 3 heterocycles. The van der Waals surface area contributed by atoms with Crippen molar-refractivity contribution in [1.82, 2.24) is 9.80 Å². The molecule has 0 aliphatic carbocycles. The van der Waals surface area contributed by atoms with Crippen molar-refractivity contribution >= 4 is 29.5 Å². The first-order valence-corrected chi connectivity index (χ1v) is 12.5. The van der Waals surface area contributed by atoms with Crippen molar-refractivity contribution in [3.63, 3.8) is 0 Å². The fourth-order valence-electron chi connectivity index (χ4n) is 5.76. The average molecular weight is 465 g/mol. The lowest BCUT2D eigenvalue weighted by atomic mass is 9.66. The number of carbonyl (C=O) groups excluding carboxylic acids is 3. The number of hydrogen-bond acceptors (Lipinski definition) is 6. The van der Waals surface area contributed by atoms with Crippen molar-refractivity contribution in [2.75, 3.05) is 32.8 Å². The summed E-state index contributed by atoms with van der Waals surface area (Å²) in [7, 11) is 0. The maximum Gasteiger partial charge on any atom is 0.311 e. The van der Waals surface area contributed by atoms with E-state index < -0.39 is 22.6 Å². The molecule has 3 fully saturated rings. The fraction of sp³-hybridized carbons (Fsp3) is 0.708. The van der Waals surface area contributed by atoms with Gasteiger partial charge in [0.1, 0.15) is 12.6 Å². The summed E-state index contributed by atoms with van der Waals surface area (Å²) in [6, 6.07) is -0.648. The zero-order chi connectivity index (χ0) is 23.5. The van der Waals surface area contributed by atoms with Crippen LogP contribution >= 0.6 is 11.8 Å². The number of ether oxygens (including phenoxy) is 1. The second-order valence-electron chi connectivity index (χ2n) is 9.01. The summed E-state index contributed by atoms with van der Waals surface area (Å²) >= 11 is 1.64. The van der Waals surface area contributed by atoms with Gasteiger partial charge in [-0.1, -0.05) is 39.0 Å². The second kappa shape index (κ2) is 10.4. The summed E-state index contributed by atoms with van der Waals surface area (Å²) in [6.45, 7) is 13.0. The molecule has 1 spiro atoms. The van der Waals surface area contributed by atoms with Crippen LogP contribution in [0.4, 0.5) is 0 Å². The van der Waals surface area contributed by atoms with Crippen molar-refractivity contribution in [3.8, 4) is 0 Å². The van der Waals surface area contributed by atoms with E-state index >= 15 is 0 Å². The van der Waals surface area contributed by atoms with Gasteiger partial charge in [0, 0.05) is 31.5 Å². The lowest BCUT2D eigenvalue weighted by Crippen LogP contribution is -2.57. The van der Waals surface area contributed by atoms with Crippen LogP contribution in [0.2, 0.25) is 0 Å². The van der Waals surface area contributed by atoms with Gasteiger partial charge in [0.15, 0.2) is 0 Å². The fourth-order valence-corrected chi connectivity index (χ4v) is 8.16. The zero-order valence-corrected chi connectivity index (χ0v) is 20.0. The molecule has 32 heavy (non-hydrogen) atoms. The van der Waals surface area contributed by atoms with Gasteiger partial charge in [0.05, 0.1) is 16.6 Å². The van der Waals surface area contributed by atoms with Gasteiger partial charge in [-0.2, -0.15) is 0 Å². The number of fused-ring (bicyclic) bond motifs is 1. The molecule has 0 radical (unpaired) electrons. The monoisotopic (exact) mass is 464 g/mol. The number of unbranched alkanes of at least 4 members (excludes halogenated alkanes) is 1. The highest BCUT2D eigenvalue weighted by atomic mass is 32.2. The average Bonchev–Trinajstić information content (AvgIpc) is 3.36. The molecule has 7 nitrogen and oxygen atoms in total. The normalized spacial score (nSPS) is 32.7. The molecule has 3 aliphatic rings. The first kappa shape index (κ1) is 24.8. The molecule has 0 saturated carbocycles. The molecule has 3 rings (SSSR count). The van der Waals surface area contributed by atoms with Crippen LogP contribution in [0.5, 0.6) is 0 Å². The van der Waals surface area contributed by atoms with Crippen molar-refractivity contribution in [2.24, 2.45) is 17.8 Å². The van der Waals surface area contributed by atoms with E-state index in [0.717, 1.165) is 19.3 Å². The molecular weight excluding hydrogens is 428 g/mol. The van der Waals surface area contributed by atoms with Crippen molar-refractivity contribution in [1.29, 1.82) is 0 Å². The van der Waals surface area contributed by atoms with Gasteiger partial charge in [0.2, 0.25) is 11.8 Å². The summed E-state index contributed by atoms with van der Waals surface area (Å²) < 4.78 is 4.72. The largest absolute Gasteiger partial charge is 0.461 e. The molecule has 3 unspecified atom stereocenters. The molecule has 178 valence electrons. The molecule has 2 amide bonds. The first-order valence-electron chi connectivity index (χ1n) is 11.6. The number of likely N-dealkylation sites (tertiary alicyclic amines) is 1. The highest BCUT2D eigenvalue weighted by molar-refractivity contribution is 8.02. The summed E-state index contributed by atoms with van der Waals surface area (Å²) in [5, 5.41) is 9.40. The Bertz CT molecular complexity index is 759. The van der Waals surface area contributed by atoms with E-state index in [-0.39, 0.29) is 42.2 Å². The number of rotatable bonds is 12. The zero-order valence-electron chi connectivity index (χ0n) is 19.2. The van der Waals surface area contributed by atoms with Gasteiger partial charge in [-0.3, -0.25) is 14.4 Å². The third-order valence-corrected chi connectivity index (χ3v) is 9.17. The quantitative estimate of drug-likeness (QED) is 0.352. The SMILES string of the molecule is C=CCOC(=O)[C@@H]1[C@@H]2CC(C)C3(S2)C(C(=O)N(CC=C)CCCC)N(CCCO)C(=O)[C@H]13. The van der Waals surface area contributed by atoms with Crippen LogP contribution in [0.3, 0.4) is 0 Å². The maximum atomic E-state index is 14.0. The van der Waals surface area contributed by atoms with Crippen molar-refractivity contribution in [3.05, 3.63) is 25.3 Å². The minimum absolute atomic E-state index is 0.0324. The van der Waals surface area contributed by atoms with Gasteiger partial charge in [-0.05, 0) is 25.2 Å². The summed E-state index contributed by atoms with van der Waals surface area (Å²) in [4.78, 5) is 44.1. The number of amides is 2. The minimum Gasteiger partial charge on any atom is -0.461 e. The van der Waals surface area contributed by atoms with E-state index in [9.17, 15) is 19.5 Å². The lowest BCUT2D eigenvalue weighted by molar-refractivity contribution is -0.153. The van der Waals surface area contributed by atoms with Crippen LogP contribution in [0.15, 0.2) is 25.3 Å². The Morgan fingerprint density at radius 2 is 2.09 bits per heavy atom.